The van der Waals surface area contributed by atoms with Crippen molar-refractivity contribution in [2.75, 3.05) is 6.54 Å². The molecule has 12 heteroatoms. The number of amides is 3. The second-order valence-corrected chi connectivity index (χ2v) is 11.2. The van der Waals surface area contributed by atoms with E-state index in [1.54, 1.807) is 25.3 Å². The van der Waals surface area contributed by atoms with Crippen molar-refractivity contribution in [2.24, 2.45) is 17.4 Å². The summed E-state index contributed by atoms with van der Waals surface area (Å²) in [5, 5.41) is 28.4. The van der Waals surface area contributed by atoms with E-state index in [1.807, 2.05) is 31.2 Å². The molecule has 44 heavy (non-hydrogen) atoms. The Labute approximate surface area is 257 Å². The third-order valence-corrected chi connectivity index (χ3v) is 7.82. The van der Waals surface area contributed by atoms with Crippen molar-refractivity contribution in [3.05, 3.63) is 65.9 Å². The molecule has 1 heterocycles. The van der Waals surface area contributed by atoms with E-state index in [9.17, 15) is 29.4 Å². The molecular formula is C32H44N6O6. The molecule has 0 aliphatic heterocycles. The Hall–Kier alpha value is -4.42. The Bertz CT molecular complexity index is 1410. The highest BCUT2D eigenvalue weighted by Crippen LogP contribution is 2.20. The van der Waals surface area contributed by atoms with Gasteiger partial charge in [-0.05, 0) is 67.5 Å². The van der Waals surface area contributed by atoms with E-state index >= 15 is 0 Å². The molecule has 3 amide bonds. The molecule has 0 radical (unpaired) electrons. The maximum Gasteiger partial charge on any atom is 0.326 e. The highest BCUT2D eigenvalue weighted by molar-refractivity contribution is 5.94. The van der Waals surface area contributed by atoms with Crippen molar-refractivity contribution in [1.82, 2.24) is 20.9 Å². The number of aromatic nitrogens is 1. The number of benzene rings is 2. The summed E-state index contributed by atoms with van der Waals surface area (Å²) in [7, 11) is 0. The first kappa shape index (κ1) is 34.1. The maximum atomic E-state index is 13.5. The smallest absolute Gasteiger partial charge is 0.326 e. The van der Waals surface area contributed by atoms with Crippen molar-refractivity contribution >= 4 is 34.6 Å². The van der Waals surface area contributed by atoms with Gasteiger partial charge in [-0.15, -0.1) is 0 Å². The van der Waals surface area contributed by atoms with Crippen molar-refractivity contribution < 1.29 is 29.4 Å². The fourth-order valence-corrected chi connectivity index (χ4v) is 4.96. The minimum absolute atomic E-state index is 0.0446. The molecule has 0 saturated heterocycles. The van der Waals surface area contributed by atoms with Crippen LogP contribution in [0.1, 0.15) is 50.7 Å². The molecule has 3 aromatic rings. The number of aromatic hydroxyl groups is 1. The van der Waals surface area contributed by atoms with E-state index in [0.717, 1.165) is 22.0 Å². The van der Waals surface area contributed by atoms with Crippen molar-refractivity contribution in [2.45, 2.75) is 76.5 Å². The van der Waals surface area contributed by atoms with Gasteiger partial charge >= 0.3 is 5.97 Å². The molecule has 10 N–H and O–H groups in total. The zero-order chi connectivity index (χ0) is 32.2. The van der Waals surface area contributed by atoms with Crippen LogP contribution in [0.2, 0.25) is 0 Å². The van der Waals surface area contributed by atoms with Crippen LogP contribution in [0.4, 0.5) is 0 Å². The molecule has 1 aromatic heterocycles. The number of para-hydroxylation sites is 1. The Kier molecular flexibility index (Phi) is 12.7. The summed E-state index contributed by atoms with van der Waals surface area (Å²) < 4.78 is 0. The van der Waals surface area contributed by atoms with Gasteiger partial charge in [-0.3, -0.25) is 14.4 Å². The molecule has 12 nitrogen and oxygen atoms in total. The molecule has 0 saturated carbocycles. The lowest BCUT2D eigenvalue weighted by molar-refractivity contribution is -0.142. The van der Waals surface area contributed by atoms with Gasteiger partial charge < -0.3 is 42.6 Å². The second kappa shape index (κ2) is 16.4. The molecule has 3 rings (SSSR count). The number of hydrogen-bond donors (Lipinski definition) is 8. The topological polar surface area (TPSA) is 213 Å². The van der Waals surface area contributed by atoms with E-state index in [-0.39, 0.29) is 30.9 Å². The fraction of sp³-hybridized carbons (Fsp3) is 0.438. The Morgan fingerprint density at radius 2 is 1.57 bits per heavy atom. The van der Waals surface area contributed by atoms with Crippen LogP contribution < -0.4 is 27.4 Å². The Balaban J connectivity index is 1.72. The van der Waals surface area contributed by atoms with Crippen molar-refractivity contribution in [1.29, 1.82) is 0 Å². The molecule has 0 spiro atoms. The van der Waals surface area contributed by atoms with Gasteiger partial charge in [-0.25, -0.2) is 4.79 Å². The van der Waals surface area contributed by atoms with Crippen molar-refractivity contribution in [3.8, 4) is 5.75 Å². The number of H-pyrrole nitrogens is 1. The number of carbonyl (C=O) groups is 4. The lowest BCUT2D eigenvalue weighted by Gasteiger charge is -2.28. The molecule has 5 unspecified atom stereocenters. The Morgan fingerprint density at radius 1 is 0.886 bits per heavy atom. The minimum atomic E-state index is -1.23. The monoisotopic (exact) mass is 608 g/mol. The first-order valence-electron chi connectivity index (χ1n) is 15.0. The fourth-order valence-electron chi connectivity index (χ4n) is 4.96. The molecular weight excluding hydrogens is 564 g/mol. The number of unbranched alkanes of at least 4 members (excludes halogenated alkanes) is 1. The number of hydrogen-bond acceptors (Lipinski definition) is 7. The summed E-state index contributed by atoms with van der Waals surface area (Å²) in [6.45, 7) is 4.06. The average Bonchev–Trinajstić information content (AvgIpc) is 3.42. The number of phenols is 1. The number of carboxylic acid groups (broad SMARTS) is 1. The van der Waals surface area contributed by atoms with Gasteiger partial charge in [0.2, 0.25) is 17.7 Å². The second-order valence-electron chi connectivity index (χ2n) is 11.2. The summed E-state index contributed by atoms with van der Waals surface area (Å²) >= 11 is 0. The molecule has 0 fully saturated rings. The largest absolute Gasteiger partial charge is 0.508 e. The van der Waals surface area contributed by atoms with E-state index in [1.165, 1.54) is 12.1 Å². The van der Waals surface area contributed by atoms with Crippen LogP contribution >= 0.6 is 0 Å². The van der Waals surface area contributed by atoms with Crippen LogP contribution in [0, 0.1) is 5.92 Å². The van der Waals surface area contributed by atoms with Crippen molar-refractivity contribution in [3.63, 3.8) is 0 Å². The van der Waals surface area contributed by atoms with Gasteiger partial charge in [0.15, 0.2) is 0 Å². The number of nitrogens with two attached hydrogens (primary N) is 2. The number of carboxylic acids is 1. The highest BCUT2D eigenvalue weighted by Gasteiger charge is 2.33. The molecule has 0 aliphatic rings. The third kappa shape index (κ3) is 9.55. The standard InChI is InChI=1S/C32H44N6O6/c1-3-19(2)28(31(42)37-27(32(43)44)17-21-18-35-25-9-5-4-8-23(21)25)38-30(41)26(10-6-7-15-33)36-29(40)24(34)16-20-11-13-22(39)14-12-20/h4-5,8-9,11-14,18-19,24,26-28,35,39H,3,6-7,10,15-17,33-34H2,1-2H3,(H,36,40)(H,37,42)(H,38,41)(H,43,44). The first-order valence-corrected chi connectivity index (χ1v) is 15.0. The first-order chi connectivity index (χ1) is 21.0. The maximum absolute atomic E-state index is 13.5. The van der Waals surface area contributed by atoms with Crippen LogP contribution in [-0.2, 0) is 32.0 Å². The summed E-state index contributed by atoms with van der Waals surface area (Å²) in [4.78, 5) is 55.3. The molecule has 0 aliphatic carbocycles. The lowest BCUT2D eigenvalue weighted by atomic mass is 9.96. The van der Waals surface area contributed by atoms with Crippen LogP contribution in [0.15, 0.2) is 54.7 Å². The zero-order valence-electron chi connectivity index (χ0n) is 25.2. The number of carbonyl (C=O) groups excluding carboxylic acids is 3. The number of fused-ring (bicyclic) bond motifs is 1. The Morgan fingerprint density at radius 3 is 2.23 bits per heavy atom. The van der Waals surface area contributed by atoms with E-state index in [4.69, 9.17) is 11.5 Å². The number of aliphatic carboxylic acids is 1. The summed E-state index contributed by atoms with van der Waals surface area (Å²) in [5.74, 6) is -3.19. The lowest BCUT2D eigenvalue weighted by Crippen LogP contribution is -2.59. The van der Waals surface area contributed by atoms with Gasteiger partial charge in [0.25, 0.3) is 0 Å². The predicted octanol–water partition coefficient (Wildman–Crippen LogP) is 1.70. The zero-order valence-corrected chi connectivity index (χ0v) is 25.2. The van der Waals surface area contributed by atoms with Crippen LogP contribution in [-0.4, -0.2) is 69.6 Å². The number of phenolic OH excluding ortho intramolecular Hbond substituents is 1. The minimum Gasteiger partial charge on any atom is -0.508 e. The average molecular weight is 609 g/mol. The van der Waals surface area contributed by atoms with Gasteiger partial charge in [0.1, 0.15) is 23.9 Å². The summed E-state index contributed by atoms with van der Waals surface area (Å²) in [5.41, 5.74) is 14.1. The number of aromatic amines is 1. The van der Waals surface area contributed by atoms with Gasteiger partial charge in [-0.2, -0.15) is 0 Å². The molecule has 0 bridgehead atoms. The number of nitrogens with one attached hydrogen (secondary N) is 4. The predicted molar refractivity (Wildman–Crippen MR) is 168 cm³/mol. The van der Waals surface area contributed by atoms with E-state index in [2.05, 4.69) is 20.9 Å². The highest BCUT2D eigenvalue weighted by atomic mass is 16.4. The molecule has 5 atom stereocenters. The van der Waals surface area contributed by atoms with E-state index < -0.39 is 47.9 Å². The van der Waals surface area contributed by atoms with E-state index in [0.29, 0.717) is 25.8 Å². The normalized spacial score (nSPS) is 14.6. The number of rotatable bonds is 17. The van der Waals surface area contributed by atoms with Crippen LogP contribution in [0.25, 0.3) is 10.9 Å². The SMILES string of the molecule is CCC(C)C(NC(=O)C(CCCCN)NC(=O)C(N)Cc1ccc(O)cc1)C(=O)NC(Cc1c[nH]c2ccccc12)C(=O)O. The van der Waals surface area contributed by atoms with Crippen LogP contribution in [0.5, 0.6) is 5.75 Å². The quantitative estimate of drug-likeness (QED) is 0.105. The van der Waals surface area contributed by atoms with Crippen LogP contribution in [0.3, 0.4) is 0 Å². The molecule has 238 valence electrons. The third-order valence-electron chi connectivity index (χ3n) is 7.82. The van der Waals surface area contributed by atoms with Gasteiger partial charge in [-0.1, -0.05) is 50.6 Å². The summed E-state index contributed by atoms with van der Waals surface area (Å²) in [6, 6.07) is 9.57. The van der Waals surface area contributed by atoms with Gasteiger partial charge in [0.05, 0.1) is 6.04 Å². The molecule has 2 aromatic carbocycles. The summed E-state index contributed by atoms with van der Waals surface area (Å²) in [6.07, 6.45) is 3.93. The van der Waals surface area contributed by atoms with Gasteiger partial charge in [0, 0.05) is 23.5 Å².